The third kappa shape index (κ3) is 4.00. The Morgan fingerprint density at radius 3 is 2.60 bits per heavy atom. The molecule has 0 saturated carbocycles. The number of nitrogens with one attached hydrogen (secondary N) is 2. The van der Waals surface area contributed by atoms with Crippen LogP contribution in [0.1, 0.15) is 5.56 Å². The summed E-state index contributed by atoms with van der Waals surface area (Å²) in [4.78, 5) is 12.2. The van der Waals surface area contributed by atoms with Crippen molar-refractivity contribution in [3.63, 3.8) is 0 Å². The van der Waals surface area contributed by atoms with Crippen LogP contribution in [0.3, 0.4) is 0 Å². The summed E-state index contributed by atoms with van der Waals surface area (Å²) in [6, 6.07) is 9.41. The summed E-state index contributed by atoms with van der Waals surface area (Å²) >= 11 is 11.9. The topological polar surface area (TPSA) is 78.5 Å². The Morgan fingerprint density at radius 2 is 1.88 bits per heavy atom. The number of benzene rings is 2. The molecule has 1 heterocycles. The third-order valence-electron chi connectivity index (χ3n) is 3.77. The van der Waals surface area contributed by atoms with Gasteiger partial charge in [-0.25, -0.2) is 13.2 Å². The van der Waals surface area contributed by atoms with Gasteiger partial charge in [0.15, 0.2) is 0 Å². The molecule has 0 spiro atoms. The van der Waals surface area contributed by atoms with Gasteiger partial charge in [-0.15, -0.1) is 0 Å². The Bertz CT molecular complexity index is 948. The zero-order valence-corrected chi connectivity index (χ0v) is 15.5. The van der Waals surface area contributed by atoms with Crippen molar-refractivity contribution in [2.75, 3.05) is 27.7 Å². The largest absolute Gasteiger partial charge is 0.323 e. The van der Waals surface area contributed by atoms with Crippen molar-refractivity contribution in [3.8, 4) is 0 Å². The van der Waals surface area contributed by atoms with Gasteiger partial charge in [-0.05, 0) is 42.3 Å². The summed E-state index contributed by atoms with van der Waals surface area (Å²) in [5.41, 5.74) is 2.37. The number of hydrogen-bond acceptors (Lipinski definition) is 3. The van der Waals surface area contributed by atoms with Crippen molar-refractivity contribution in [1.29, 1.82) is 0 Å². The number of amides is 2. The number of urea groups is 1. The third-order valence-corrected chi connectivity index (χ3v) is 5.52. The number of rotatable bonds is 3. The van der Waals surface area contributed by atoms with E-state index < -0.39 is 16.1 Å². The number of carbonyl (C=O) groups is 1. The standard InChI is InChI=1S/C16H15Cl2N3O3S/c1-25(23,24)21-7-6-10-2-4-12(9-15(10)21)19-16(22)20-14-8-11(17)3-5-13(14)18/h2-5,8-9H,6-7H2,1H3,(H2,19,20,22). The van der Waals surface area contributed by atoms with Crippen LogP contribution in [0.5, 0.6) is 0 Å². The SMILES string of the molecule is CS(=O)(=O)N1CCc2ccc(NC(=O)Nc3cc(Cl)ccc3Cl)cc21. The zero-order chi connectivity index (χ0) is 18.2. The molecule has 0 aromatic heterocycles. The Labute approximate surface area is 155 Å². The smallest absolute Gasteiger partial charge is 0.308 e. The molecule has 0 atom stereocenters. The maximum absolute atomic E-state index is 12.2. The molecule has 25 heavy (non-hydrogen) atoms. The van der Waals surface area contributed by atoms with Gasteiger partial charge in [0, 0.05) is 17.3 Å². The molecule has 2 aromatic carbocycles. The van der Waals surface area contributed by atoms with Crippen LogP contribution in [-0.4, -0.2) is 27.2 Å². The Balaban J connectivity index is 1.78. The van der Waals surface area contributed by atoms with Gasteiger partial charge in [0.05, 0.1) is 22.7 Å². The maximum atomic E-state index is 12.2. The van der Waals surface area contributed by atoms with Gasteiger partial charge >= 0.3 is 6.03 Å². The molecule has 0 radical (unpaired) electrons. The van der Waals surface area contributed by atoms with E-state index >= 15 is 0 Å². The molecule has 132 valence electrons. The molecule has 0 bridgehead atoms. The Hall–Kier alpha value is -1.96. The van der Waals surface area contributed by atoms with E-state index in [0.717, 1.165) is 11.8 Å². The minimum Gasteiger partial charge on any atom is -0.308 e. The van der Waals surface area contributed by atoms with Crippen molar-refractivity contribution in [2.24, 2.45) is 0 Å². The van der Waals surface area contributed by atoms with Crippen LogP contribution in [0.2, 0.25) is 10.0 Å². The molecule has 0 unspecified atom stereocenters. The van der Waals surface area contributed by atoms with Gasteiger partial charge in [0.25, 0.3) is 0 Å². The summed E-state index contributed by atoms with van der Waals surface area (Å²) in [5, 5.41) is 6.08. The second-order valence-electron chi connectivity index (χ2n) is 5.63. The quantitative estimate of drug-likeness (QED) is 0.819. The molecule has 2 N–H and O–H groups in total. The molecule has 3 rings (SSSR count). The first-order chi connectivity index (χ1) is 11.7. The van der Waals surface area contributed by atoms with E-state index in [9.17, 15) is 13.2 Å². The van der Waals surface area contributed by atoms with Gasteiger partial charge in [-0.1, -0.05) is 29.3 Å². The number of hydrogen-bond donors (Lipinski definition) is 2. The highest BCUT2D eigenvalue weighted by Crippen LogP contribution is 2.32. The van der Waals surface area contributed by atoms with Crippen LogP contribution >= 0.6 is 23.2 Å². The fraction of sp³-hybridized carbons (Fsp3) is 0.188. The summed E-state index contributed by atoms with van der Waals surface area (Å²) < 4.78 is 25.0. The van der Waals surface area contributed by atoms with Crippen LogP contribution in [0.4, 0.5) is 21.9 Å². The lowest BCUT2D eigenvalue weighted by Crippen LogP contribution is -2.27. The van der Waals surface area contributed by atoms with E-state index in [-0.39, 0.29) is 0 Å². The van der Waals surface area contributed by atoms with Gasteiger partial charge in [0.1, 0.15) is 0 Å². The fourth-order valence-corrected chi connectivity index (χ4v) is 3.94. The molecule has 1 aliphatic heterocycles. The van der Waals surface area contributed by atoms with Gasteiger partial charge in [-0.3, -0.25) is 4.31 Å². The van der Waals surface area contributed by atoms with Crippen molar-refractivity contribution < 1.29 is 13.2 Å². The maximum Gasteiger partial charge on any atom is 0.323 e. The monoisotopic (exact) mass is 399 g/mol. The minimum absolute atomic E-state index is 0.358. The highest BCUT2D eigenvalue weighted by atomic mass is 35.5. The normalized spacial score (nSPS) is 13.5. The van der Waals surface area contributed by atoms with Gasteiger partial charge in [0.2, 0.25) is 10.0 Å². The van der Waals surface area contributed by atoms with Gasteiger partial charge in [-0.2, -0.15) is 0 Å². The number of nitrogens with zero attached hydrogens (tertiary/aromatic N) is 1. The average molecular weight is 400 g/mol. The first-order valence-electron chi connectivity index (χ1n) is 7.38. The van der Waals surface area contributed by atoms with Crippen LogP contribution < -0.4 is 14.9 Å². The molecule has 0 fully saturated rings. The molecule has 2 amide bonds. The molecule has 0 aliphatic carbocycles. The van der Waals surface area contributed by atoms with E-state index in [4.69, 9.17) is 23.2 Å². The van der Waals surface area contributed by atoms with Crippen LogP contribution in [0.15, 0.2) is 36.4 Å². The predicted octanol–water partition coefficient (Wildman–Crippen LogP) is 3.96. The first-order valence-corrected chi connectivity index (χ1v) is 9.98. The first kappa shape index (κ1) is 17.8. The fourth-order valence-electron chi connectivity index (χ4n) is 2.65. The molecule has 6 nitrogen and oxygen atoms in total. The van der Waals surface area contributed by atoms with Crippen molar-refractivity contribution in [1.82, 2.24) is 0 Å². The van der Waals surface area contributed by atoms with Gasteiger partial charge < -0.3 is 10.6 Å². The van der Waals surface area contributed by atoms with E-state index in [1.54, 1.807) is 24.3 Å². The molecular formula is C16H15Cl2N3O3S. The number of carbonyl (C=O) groups excluding carboxylic acids is 1. The van der Waals surface area contributed by atoms with Crippen molar-refractivity contribution >= 4 is 56.3 Å². The molecule has 2 aromatic rings. The summed E-state index contributed by atoms with van der Waals surface area (Å²) in [5.74, 6) is 0. The molecular weight excluding hydrogens is 385 g/mol. The number of halogens is 2. The molecule has 0 saturated heterocycles. The highest BCUT2D eigenvalue weighted by Gasteiger charge is 2.26. The summed E-state index contributed by atoms with van der Waals surface area (Å²) in [7, 11) is -3.35. The molecule has 9 heteroatoms. The zero-order valence-electron chi connectivity index (χ0n) is 13.2. The lowest BCUT2D eigenvalue weighted by Gasteiger charge is -2.17. The van der Waals surface area contributed by atoms with E-state index in [1.807, 2.05) is 6.07 Å². The van der Waals surface area contributed by atoms with Crippen molar-refractivity contribution in [2.45, 2.75) is 6.42 Å². The van der Waals surface area contributed by atoms with Crippen LogP contribution in [0, 0.1) is 0 Å². The second kappa shape index (κ2) is 6.74. The number of fused-ring (bicyclic) bond motifs is 1. The second-order valence-corrected chi connectivity index (χ2v) is 8.38. The Kier molecular flexibility index (Phi) is 4.81. The highest BCUT2D eigenvalue weighted by molar-refractivity contribution is 7.92. The van der Waals surface area contributed by atoms with Crippen LogP contribution in [-0.2, 0) is 16.4 Å². The van der Waals surface area contributed by atoms with E-state index in [2.05, 4.69) is 10.6 Å². The van der Waals surface area contributed by atoms with Crippen LogP contribution in [0.25, 0.3) is 0 Å². The molecule has 1 aliphatic rings. The van der Waals surface area contributed by atoms with Crippen molar-refractivity contribution in [3.05, 3.63) is 52.0 Å². The Morgan fingerprint density at radius 1 is 1.12 bits per heavy atom. The average Bonchev–Trinajstić information content (AvgIpc) is 2.94. The minimum atomic E-state index is -3.35. The predicted molar refractivity (Wildman–Crippen MR) is 101 cm³/mol. The lowest BCUT2D eigenvalue weighted by atomic mass is 10.1. The summed E-state index contributed by atoms with van der Waals surface area (Å²) in [6.07, 6.45) is 1.81. The number of anilines is 3. The lowest BCUT2D eigenvalue weighted by molar-refractivity contribution is 0.262. The summed E-state index contributed by atoms with van der Waals surface area (Å²) in [6.45, 7) is 0.405. The van der Waals surface area contributed by atoms with E-state index in [0.29, 0.717) is 40.1 Å². The number of sulfonamides is 1. The van der Waals surface area contributed by atoms with E-state index in [1.165, 1.54) is 10.4 Å².